The van der Waals surface area contributed by atoms with Crippen molar-refractivity contribution in [3.05, 3.63) is 29.3 Å². The second-order valence-corrected chi connectivity index (χ2v) is 5.96. The van der Waals surface area contributed by atoms with Crippen LogP contribution in [-0.2, 0) is 13.0 Å². The van der Waals surface area contributed by atoms with Gasteiger partial charge in [-0.1, -0.05) is 25.5 Å². The van der Waals surface area contributed by atoms with Gasteiger partial charge in [0, 0.05) is 31.4 Å². The van der Waals surface area contributed by atoms with Gasteiger partial charge in [-0.2, -0.15) is 0 Å². The number of benzene rings is 1. The van der Waals surface area contributed by atoms with Gasteiger partial charge in [0.15, 0.2) is 0 Å². The molecule has 2 N–H and O–H groups in total. The Balaban J connectivity index is 2.00. The van der Waals surface area contributed by atoms with Gasteiger partial charge in [-0.25, -0.2) is 0 Å². The predicted molar refractivity (Wildman–Crippen MR) is 80.7 cm³/mol. The van der Waals surface area contributed by atoms with Crippen molar-refractivity contribution in [2.45, 2.75) is 45.2 Å². The second-order valence-electron chi connectivity index (χ2n) is 5.96. The van der Waals surface area contributed by atoms with E-state index in [0.717, 1.165) is 32.4 Å². The molecule has 0 aromatic heterocycles. The van der Waals surface area contributed by atoms with Crippen molar-refractivity contribution in [1.29, 1.82) is 0 Å². The molecule has 0 radical (unpaired) electrons. The van der Waals surface area contributed by atoms with E-state index in [9.17, 15) is 5.11 Å². The van der Waals surface area contributed by atoms with E-state index in [4.69, 9.17) is 0 Å². The zero-order chi connectivity index (χ0) is 13.9. The molecule has 0 aliphatic carbocycles. The summed E-state index contributed by atoms with van der Waals surface area (Å²) in [6, 6.07) is 6.71. The van der Waals surface area contributed by atoms with Crippen LogP contribution in [0.2, 0.25) is 0 Å². The molecule has 0 fully saturated rings. The van der Waals surface area contributed by atoms with E-state index < -0.39 is 0 Å². The maximum atomic E-state index is 9.51. The van der Waals surface area contributed by atoms with Crippen molar-refractivity contribution in [2.75, 3.05) is 25.1 Å². The minimum atomic E-state index is -0.162. The van der Waals surface area contributed by atoms with E-state index in [0.29, 0.717) is 0 Å². The smallest absolute Gasteiger partial charge is 0.0610 e. The number of fused-ring (bicyclic) bond motifs is 1. The van der Waals surface area contributed by atoms with Gasteiger partial charge in [0.05, 0.1) is 6.61 Å². The first-order valence-corrected chi connectivity index (χ1v) is 7.27. The summed E-state index contributed by atoms with van der Waals surface area (Å²) in [5, 5.41) is 13.0. The van der Waals surface area contributed by atoms with Crippen molar-refractivity contribution >= 4 is 5.69 Å². The molecule has 3 nitrogen and oxygen atoms in total. The van der Waals surface area contributed by atoms with Crippen molar-refractivity contribution < 1.29 is 5.11 Å². The molecule has 1 aliphatic rings. The highest BCUT2D eigenvalue weighted by atomic mass is 16.3. The summed E-state index contributed by atoms with van der Waals surface area (Å²) in [4.78, 5) is 2.31. The number of rotatable bonds is 6. The van der Waals surface area contributed by atoms with E-state index in [1.807, 2.05) is 0 Å². The molecule has 19 heavy (non-hydrogen) atoms. The molecular formula is C16H26N2O. The molecule has 0 saturated carbocycles. The van der Waals surface area contributed by atoms with Crippen LogP contribution in [-0.4, -0.2) is 30.8 Å². The van der Waals surface area contributed by atoms with Gasteiger partial charge in [0.2, 0.25) is 0 Å². The van der Waals surface area contributed by atoms with Crippen LogP contribution in [0.4, 0.5) is 5.69 Å². The number of aliphatic hydroxyl groups is 1. The van der Waals surface area contributed by atoms with Crippen molar-refractivity contribution in [1.82, 2.24) is 5.32 Å². The number of likely N-dealkylation sites (N-methyl/N-ethyl adjacent to an activating group) is 1. The second kappa shape index (κ2) is 5.93. The fourth-order valence-corrected chi connectivity index (χ4v) is 2.82. The molecule has 0 amide bonds. The van der Waals surface area contributed by atoms with E-state index >= 15 is 0 Å². The van der Waals surface area contributed by atoms with Gasteiger partial charge in [0.1, 0.15) is 0 Å². The number of hydrogen-bond acceptors (Lipinski definition) is 3. The number of aliphatic hydroxyl groups excluding tert-OH is 1. The van der Waals surface area contributed by atoms with E-state index in [1.54, 1.807) is 0 Å². The molecule has 1 atom stereocenters. The largest absolute Gasteiger partial charge is 0.394 e. The van der Waals surface area contributed by atoms with Crippen molar-refractivity contribution in [3.63, 3.8) is 0 Å². The lowest BCUT2D eigenvalue weighted by molar-refractivity contribution is 0.163. The van der Waals surface area contributed by atoms with E-state index in [-0.39, 0.29) is 12.1 Å². The molecule has 106 valence electrons. The summed E-state index contributed by atoms with van der Waals surface area (Å²) in [7, 11) is 2.15. The lowest BCUT2D eigenvalue weighted by Crippen LogP contribution is -2.45. The molecule has 0 bridgehead atoms. The van der Waals surface area contributed by atoms with Crippen LogP contribution in [0.15, 0.2) is 18.2 Å². The quantitative estimate of drug-likeness (QED) is 0.826. The topological polar surface area (TPSA) is 35.5 Å². The maximum Gasteiger partial charge on any atom is 0.0610 e. The molecule has 0 saturated heterocycles. The molecule has 2 rings (SSSR count). The summed E-state index contributed by atoms with van der Waals surface area (Å²) >= 11 is 0. The summed E-state index contributed by atoms with van der Waals surface area (Å²) in [6.07, 6.45) is 3.22. The zero-order valence-electron chi connectivity index (χ0n) is 12.4. The average Bonchev–Trinajstić information content (AvgIpc) is 2.78. The monoisotopic (exact) mass is 262 g/mol. The molecule has 1 heterocycles. The first kappa shape index (κ1) is 14.4. The highest BCUT2D eigenvalue weighted by Gasteiger charge is 2.21. The zero-order valence-corrected chi connectivity index (χ0v) is 12.4. The first-order valence-electron chi connectivity index (χ1n) is 7.27. The van der Waals surface area contributed by atoms with Gasteiger partial charge in [-0.05, 0) is 37.0 Å². The number of nitrogens with one attached hydrogen (secondary N) is 1. The van der Waals surface area contributed by atoms with Crippen LogP contribution in [0.3, 0.4) is 0 Å². The third-order valence-electron chi connectivity index (χ3n) is 4.14. The molecule has 0 spiro atoms. The Morgan fingerprint density at radius 2 is 2.21 bits per heavy atom. The fraction of sp³-hybridized carbons (Fsp3) is 0.625. The summed E-state index contributed by atoms with van der Waals surface area (Å²) in [5.41, 5.74) is 3.96. The molecule has 1 aromatic carbocycles. The van der Waals surface area contributed by atoms with E-state index in [1.165, 1.54) is 16.8 Å². The molecular weight excluding hydrogens is 236 g/mol. The summed E-state index contributed by atoms with van der Waals surface area (Å²) in [5.74, 6) is 0. The third kappa shape index (κ3) is 3.28. The standard InChI is InChI=1S/C16H26N2O/c1-4-8-16(2,12-19)17-11-13-5-6-15-14(10-13)7-9-18(15)3/h5-6,10,17,19H,4,7-9,11-12H2,1-3H3. The Morgan fingerprint density at radius 3 is 2.89 bits per heavy atom. The number of hydrogen-bond donors (Lipinski definition) is 2. The van der Waals surface area contributed by atoms with Crippen molar-refractivity contribution in [2.24, 2.45) is 0 Å². The first-order chi connectivity index (χ1) is 9.08. The fourth-order valence-electron chi connectivity index (χ4n) is 2.82. The third-order valence-corrected chi connectivity index (χ3v) is 4.14. The van der Waals surface area contributed by atoms with Crippen LogP contribution in [0, 0.1) is 0 Å². The van der Waals surface area contributed by atoms with Crippen molar-refractivity contribution in [3.8, 4) is 0 Å². The lowest BCUT2D eigenvalue weighted by Gasteiger charge is -2.28. The SMILES string of the molecule is CCCC(C)(CO)NCc1ccc2c(c1)CCN2C. The molecule has 3 heteroatoms. The minimum Gasteiger partial charge on any atom is -0.394 e. The predicted octanol–water partition coefficient (Wildman–Crippen LogP) is 2.32. The molecule has 1 unspecified atom stereocenters. The van der Waals surface area contributed by atoms with Crippen LogP contribution in [0.5, 0.6) is 0 Å². The summed E-state index contributed by atoms with van der Waals surface area (Å²) in [6.45, 7) is 6.39. The number of nitrogens with zero attached hydrogens (tertiary/aromatic N) is 1. The van der Waals surface area contributed by atoms with Crippen LogP contribution < -0.4 is 10.2 Å². The molecule has 1 aliphatic heterocycles. The number of anilines is 1. The van der Waals surface area contributed by atoms with Gasteiger partial charge in [-0.3, -0.25) is 0 Å². The van der Waals surface area contributed by atoms with Gasteiger partial charge in [-0.15, -0.1) is 0 Å². The Bertz CT molecular complexity index is 433. The van der Waals surface area contributed by atoms with Gasteiger partial charge >= 0.3 is 0 Å². The Kier molecular flexibility index (Phi) is 4.48. The van der Waals surface area contributed by atoms with Crippen LogP contribution >= 0.6 is 0 Å². The normalized spacial score (nSPS) is 17.4. The summed E-state index contributed by atoms with van der Waals surface area (Å²) < 4.78 is 0. The highest BCUT2D eigenvalue weighted by Crippen LogP contribution is 2.27. The highest BCUT2D eigenvalue weighted by molar-refractivity contribution is 5.58. The van der Waals surface area contributed by atoms with Gasteiger partial charge in [0.25, 0.3) is 0 Å². The lowest BCUT2D eigenvalue weighted by atomic mass is 9.96. The van der Waals surface area contributed by atoms with Gasteiger partial charge < -0.3 is 15.3 Å². The minimum absolute atomic E-state index is 0.162. The molecule has 1 aromatic rings. The average molecular weight is 262 g/mol. The Hall–Kier alpha value is -1.06. The van der Waals surface area contributed by atoms with Crippen LogP contribution in [0.1, 0.15) is 37.8 Å². The Labute approximate surface area is 116 Å². The Morgan fingerprint density at radius 1 is 1.42 bits per heavy atom. The maximum absolute atomic E-state index is 9.51. The van der Waals surface area contributed by atoms with Crippen LogP contribution in [0.25, 0.3) is 0 Å². The van der Waals surface area contributed by atoms with E-state index in [2.05, 4.69) is 49.3 Å².